The number of hydrogen-bond acceptors (Lipinski definition) is 6. The fourth-order valence-corrected chi connectivity index (χ4v) is 4.17. The van der Waals surface area contributed by atoms with Crippen molar-refractivity contribution in [2.75, 3.05) is 56.7 Å². The number of piperazine rings is 1. The predicted molar refractivity (Wildman–Crippen MR) is 129 cm³/mol. The van der Waals surface area contributed by atoms with Crippen LogP contribution < -0.4 is 15.0 Å². The van der Waals surface area contributed by atoms with Crippen molar-refractivity contribution in [1.29, 1.82) is 0 Å². The van der Waals surface area contributed by atoms with Gasteiger partial charge in [-0.2, -0.15) is 0 Å². The van der Waals surface area contributed by atoms with Crippen LogP contribution in [-0.2, 0) is 9.53 Å². The van der Waals surface area contributed by atoms with E-state index in [1.807, 2.05) is 11.0 Å². The summed E-state index contributed by atoms with van der Waals surface area (Å²) in [7, 11) is 1.56. The number of hydrogen-bond donors (Lipinski definition) is 2. The molecule has 9 heteroatoms. The zero-order valence-corrected chi connectivity index (χ0v) is 19.4. The number of methoxy groups -OCH3 is 1. The van der Waals surface area contributed by atoms with Crippen molar-refractivity contribution < 1.29 is 23.5 Å². The molecule has 1 fully saturated rings. The average molecular weight is 469 g/mol. The monoisotopic (exact) mass is 468 g/mol. The topological polar surface area (TPSA) is 86.9 Å². The first-order valence-corrected chi connectivity index (χ1v) is 11.4. The fourth-order valence-electron chi connectivity index (χ4n) is 4.17. The Balaban J connectivity index is 1.39. The highest BCUT2D eigenvalue weighted by Crippen LogP contribution is 2.31. The fraction of sp³-hybridized carbons (Fsp3) is 0.360. The van der Waals surface area contributed by atoms with Crippen LogP contribution in [0.3, 0.4) is 0 Å². The van der Waals surface area contributed by atoms with Gasteiger partial charge in [0.25, 0.3) is 0 Å². The molecule has 2 N–H and O–H groups in total. The van der Waals surface area contributed by atoms with Crippen molar-refractivity contribution in [2.24, 2.45) is 0 Å². The molecule has 1 aromatic heterocycles. The van der Waals surface area contributed by atoms with Crippen LogP contribution in [0.25, 0.3) is 10.9 Å². The number of nitrogens with zero attached hydrogens (tertiary/aromatic N) is 2. The van der Waals surface area contributed by atoms with E-state index in [0.717, 1.165) is 13.1 Å². The Labute approximate surface area is 197 Å². The summed E-state index contributed by atoms with van der Waals surface area (Å²) in [6.45, 7) is 5.38. The summed E-state index contributed by atoms with van der Waals surface area (Å²) in [5.74, 6) is -0.337. The van der Waals surface area contributed by atoms with E-state index in [1.54, 1.807) is 44.4 Å². The largest absolute Gasteiger partial charge is 0.497 e. The molecular formula is C25H29FN4O4. The van der Waals surface area contributed by atoms with Gasteiger partial charge < -0.3 is 24.7 Å². The Morgan fingerprint density at radius 3 is 2.59 bits per heavy atom. The molecule has 0 saturated carbocycles. The number of para-hydroxylation sites is 1. The quantitative estimate of drug-likeness (QED) is 0.491. The van der Waals surface area contributed by atoms with Crippen LogP contribution in [-0.4, -0.2) is 68.2 Å². The third-order valence-corrected chi connectivity index (χ3v) is 5.97. The summed E-state index contributed by atoms with van der Waals surface area (Å²) in [6, 6.07) is 12.1. The molecule has 180 valence electrons. The first kappa shape index (κ1) is 23.6. The summed E-state index contributed by atoms with van der Waals surface area (Å²) >= 11 is 0. The molecule has 0 spiro atoms. The van der Waals surface area contributed by atoms with Crippen LogP contribution >= 0.6 is 0 Å². The molecule has 34 heavy (non-hydrogen) atoms. The smallest absolute Gasteiger partial charge is 0.356 e. The minimum absolute atomic E-state index is 0.203. The number of fused-ring (bicyclic) bond motifs is 1. The lowest BCUT2D eigenvalue weighted by Crippen LogP contribution is -2.47. The molecule has 0 bridgehead atoms. The van der Waals surface area contributed by atoms with E-state index >= 15 is 0 Å². The van der Waals surface area contributed by atoms with Crippen LogP contribution in [0.4, 0.5) is 15.8 Å². The second kappa shape index (κ2) is 10.6. The highest BCUT2D eigenvalue weighted by molar-refractivity contribution is 6.11. The zero-order chi connectivity index (χ0) is 24.1. The van der Waals surface area contributed by atoms with E-state index in [4.69, 9.17) is 9.47 Å². The van der Waals surface area contributed by atoms with Gasteiger partial charge in [-0.05, 0) is 37.3 Å². The predicted octanol–water partition coefficient (Wildman–Crippen LogP) is 3.64. The van der Waals surface area contributed by atoms with Crippen LogP contribution in [0.15, 0.2) is 42.5 Å². The normalized spacial score (nSPS) is 14.3. The van der Waals surface area contributed by atoms with Crippen molar-refractivity contribution in [3.8, 4) is 5.75 Å². The Bertz CT molecular complexity index is 1170. The summed E-state index contributed by atoms with van der Waals surface area (Å²) in [4.78, 5) is 32.5. The number of H-pyrrole nitrogens is 1. The summed E-state index contributed by atoms with van der Waals surface area (Å²) in [5.41, 5.74) is 1.91. The average Bonchev–Trinajstić information content (AvgIpc) is 3.21. The SMILES string of the molecule is CCOC(=O)c1[nH]c2ccc(OC)cc2c1NC(=O)CCN1CCN(c2ccccc2F)CC1. The molecule has 3 aromatic rings. The first-order valence-electron chi connectivity index (χ1n) is 11.4. The Morgan fingerprint density at radius 2 is 1.88 bits per heavy atom. The molecule has 0 aliphatic carbocycles. The second-order valence-electron chi connectivity index (χ2n) is 8.09. The van der Waals surface area contributed by atoms with Gasteiger partial charge in [-0.3, -0.25) is 9.69 Å². The van der Waals surface area contributed by atoms with Gasteiger partial charge in [0.15, 0.2) is 0 Å². The van der Waals surface area contributed by atoms with Crippen LogP contribution in [0.5, 0.6) is 5.75 Å². The number of aromatic amines is 1. The Hall–Kier alpha value is -3.59. The standard InChI is InChI=1S/C25H29FN4O4/c1-3-34-25(32)24-23(18-16-17(33-2)8-9-20(18)27-24)28-22(31)10-11-29-12-14-30(15-13-29)21-7-5-4-6-19(21)26/h4-9,16,27H,3,10-15H2,1-2H3,(H,28,31). The number of halogens is 1. The van der Waals surface area contributed by atoms with Gasteiger partial charge in [-0.1, -0.05) is 12.1 Å². The van der Waals surface area contributed by atoms with Crippen LogP contribution in [0.2, 0.25) is 0 Å². The number of benzene rings is 2. The maximum Gasteiger partial charge on any atom is 0.356 e. The van der Waals surface area contributed by atoms with E-state index < -0.39 is 5.97 Å². The van der Waals surface area contributed by atoms with E-state index in [-0.39, 0.29) is 30.4 Å². The summed E-state index contributed by atoms with van der Waals surface area (Å²) in [6.07, 6.45) is 0.263. The van der Waals surface area contributed by atoms with Gasteiger partial charge in [0, 0.05) is 50.0 Å². The van der Waals surface area contributed by atoms with Crippen molar-refractivity contribution in [1.82, 2.24) is 9.88 Å². The molecule has 2 aromatic carbocycles. The van der Waals surface area contributed by atoms with Gasteiger partial charge >= 0.3 is 5.97 Å². The Kier molecular flexibility index (Phi) is 7.32. The highest BCUT2D eigenvalue weighted by Gasteiger charge is 2.23. The van der Waals surface area contributed by atoms with Gasteiger partial charge in [0.1, 0.15) is 17.3 Å². The molecule has 1 aliphatic rings. The highest BCUT2D eigenvalue weighted by atomic mass is 19.1. The number of aromatic nitrogens is 1. The minimum atomic E-state index is -0.530. The second-order valence-corrected chi connectivity index (χ2v) is 8.09. The van der Waals surface area contributed by atoms with Crippen LogP contribution in [0, 0.1) is 5.82 Å². The molecule has 1 saturated heterocycles. The van der Waals surface area contributed by atoms with Crippen molar-refractivity contribution in [3.05, 3.63) is 54.0 Å². The lowest BCUT2D eigenvalue weighted by molar-refractivity contribution is -0.116. The van der Waals surface area contributed by atoms with Crippen LogP contribution in [0.1, 0.15) is 23.8 Å². The van der Waals surface area contributed by atoms with Crippen molar-refractivity contribution in [3.63, 3.8) is 0 Å². The molecule has 2 heterocycles. The molecular weight excluding hydrogens is 439 g/mol. The summed E-state index contributed by atoms with van der Waals surface area (Å²) < 4.78 is 24.5. The number of amides is 1. The summed E-state index contributed by atoms with van der Waals surface area (Å²) in [5, 5.41) is 3.57. The number of nitrogens with one attached hydrogen (secondary N) is 2. The van der Waals surface area contributed by atoms with E-state index in [1.165, 1.54) is 6.07 Å². The third-order valence-electron chi connectivity index (χ3n) is 5.97. The zero-order valence-electron chi connectivity index (χ0n) is 19.4. The van der Waals surface area contributed by atoms with Gasteiger partial charge in [-0.15, -0.1) is 0 Å². The first-order chi connectivity index (χ1) is 16.5. The number of carbonyl (C=O) groups is 2. The lowest BCUT2D eigenvalue weighted by Gasteiger charge is -2.36. The number of rotatable bonds is 8. The van der Waals surface area contributed by atoms with E-state index in [2.05, 4.69) is 15.2 Å². The van der Waals surface area contributed by atoms with Crippen molar-refractivity contribution in [2.45, 2.75) is 13.3 Å². The molecule has 0 radical (unpaired) electrons. The minimum Gasteiger partial charge on any atom is -0.497 e. The van der Waals surface area contributed by atoms with E-state index in [9.17, 15) is 14.0 Å². The number of esters is 1. The third kappa shape index (κ3) is 5.14. The molecule has 0 atom stereocenters. The maximum absolute atomic E-state index is 14.1. The Morgan fingerprint density at radius 1 is 1.12 bits per heavy atom. The van der Waals surface area contributed by atoms with Gasteiger partial charge in [-0.25, -0.2) is 9.18 Å². The van der Waals surface area contributed by atoms with Gasteiger partial charge in [0.05, 0.1) is 25.1 Å². The number of carbonyl (C=O) groups excluding carboxylic acids is 2. The van der Waals surface area contributed by atoms with Crippen molar-refractivity contribution >= 4 is 34.2 Å². The lowest BCUT2D eigenvalue weighted by atomic mass is 10.2. The molecule has 4 rings (SSSR count). The molecule has 1 aliphatic heterocycles. The van der Waals surface area contributed by atoms with Gasteiger partial charge in [0.2, 0.25) is 5.91 Å². The number of anilines is 2. The molecule has 1 amide bonds. The maximum atomic E-state index is 14.1. The van der Waals surface area contributed by atoms with E-state index in [0.29, 0.717) is 47.7 Å². The number of ether oxygens (including phenoxy) is 2. The molecule has 0 unspecified atom stereocenters. The molecule has 8 nitrogen and oxygen atoms in total.